The van der Waals surface area contributed by atoms with Crippen LogP contribution >= 0.6 is 0 Å². The highest BCUT2D eigenvalue weighted by Crippen LogP contribution is 2.28. The summed E-state index contributed by atoms with van der Waals surface area (Å²) in [5.74, 6) is 1.34. The number of imidazole rings is 1. The van der Waals surface area contributed by atoms with Crippen LogP contribution in [0, 0.1) is 6.92 Å². The van der Waals surface area contributed by atoms with E-state index in [0.29, 0.717) is 31.9 Å². The van der Waals surface area contributed by atoms with E-state index in [4.69, 9.17) is 4.74 Å². The minimum atomic E-state index is -3.59. The Morgan fingerprint density at radius 1 is 1.00 bits per heavy atom. The first-order chi connectivity index (χ1) is 15.0. The average molecular weight is 441 g/mol. The Balaban J connectivity index is 1.38. The minimum absolute atomic E-state index is 0.245. The Kier molecular flexibility index (Phi) is 6.41. The predicted molar refractivity (Wildman–Crippen MR) is 121 cm³/mol. The highest BCUT2D eigenvalue weighted by Gasteiger charge is 2.30. The zero-order valence-corrected chi connectivity index (χ0v) is 18.8. The van der Waals surface area contributed by atoms with Crippen LogP contribution in [0.5, 0.6) is 5.75 Å². The Bertz CT molecular complexity index is 1120. The Morgan fingerprint density at radius 3 is 2.45 bits per heavy atom. The smallest absolute Gasteiger partial charge is 0.246 e. The lowest BCUT2D eigenvalue weighted by molar-refractivity contribution is 0.183. The maximum Gasteiger partial charge on any atom is 0.246 e. The first kappa shape index (κ1) is 21.5. The summed E-state index contributed by atoms with van der Waals surface area (Å²) in [5.41, 5.74) is 1.99. The Labute approximate surface area is 183 Å². The third-order valence-corrected chi connectivity index (χ3v) is 7.59. The van der Waals surface area contributed by atoms with Crippen LogP contribution in [0.15, 0.2) is 65.8 Å². The lowest BCUT2D eigenvalue weighted by Gasteiger charge is -2.34. The van der Waals surface area contributed by atoms with E-state index in [1.54, 1.807) is 16.4 Å². The number of aromatic nitrogens is 2. The SMILES string of the molecule is COc1ccc(C)cc1S(=O)(=O)N1CCN(CCn2ccnc2-c2ccccc2)CC1. The largest absolute Gasteiger partial charge is 0.495 e. The van der Waals surface area contributed by atoms with E-state index in [9.17, 15) is 8.42 Å². The van der Waals surface area contributed by atoms with E-state index in [1.165, 1.54) is 7.11 Å². The summed E-state index contributed by atoms with van der Waals surface area (Å²) in [5, 5.41) is 0. The number of aryl methyl sites for hydroxylation is 1. The summed E-state index contributed by atoms with van der Waals surface area (Å²) >= 11 is 0. The molecule has 0 atom stereocenters. The number of piperazine rings is 1. The van der Waals surface area contributed by atoms with E-state index in [2.05, 4.69) is 26.6 Å². The number of hydrogen-bond donors (Lipinski definition) is 0. The molecule has 0 unspecified atom stereocenters. The summed E-state index contributed by atoms with van der Waals surface area (Å²) in [6, 6.07) is 15.4. The summed E-state index contributed by atoms with van der Waals surface area (Å²) in [7, 11) is -2.08. The molecular weight excluding hydrogens is 412 g/mol. The van der Waals surface area contributed by atoms with Crippen LogP contribution in [0.25, 0.3) is 11.4 Å². The van der Waals surface area contributed by atoms with Gasteiger partial charge >= 0.3 is 0 Å². The van der Waals surface area contributed by atoms with Gasteiger partial charge in [-0.05, 0) is 24.6 Å². The second kappa shape index (κ2) is 9.21. The zero-order chi connectivity index (χ0) is 21.8. The molecule has 0 radical (unpaired) electrons. The molecule has 0 spiro atoms. The maximum absolute atomic E-state index is 13.2. The summed E-state index contributed by atoms with van der Waals surface area (Å²) in [6.45, 7) is 5.87. The predicted octanol–water partition coefficient (Wildman–Crippen LogP) is 2.87. The van der Waals surface area contributed by atoms with E-state index < -0.39 is 10.0 Å². The molecule has 0 N–H and O–H groups in total. The number of nitrogens with zero attached hydrogens (tertiary/aromatic N) is 4. The molecule has 0 amide bonds. The molecule has 1 saturated heterocycles. The van der Waals surface area contributed by atoms with E-state index >= 15 is 0 Å². The molecule has 31 heavy (non-hydrogen) atoms. The van der Waals surface area contributed by atoms with Crippen molar-refractivity contribution in [2.75, 3.05) is 39.8 Å². The van der Waals surface area contributed by atoms with Crippen LogP contribution in [0.1, 0.15) is 5.56 Å². The molecule has 0 saturated carbocycles. The van der Waals surface area contributed by atoms with Crippen LogP contribution in [0.3, 0.4) is 0 Å². The molecule has 8 heteroatoms. The van der Waals surface area contributed by atoms with Gasteiger partial charge in [-0.1, -0.05) is 36.4 Å². The molecular formula is C23H28N4O3S. The van der Waals surface area contributed by atoms with E-state index in [-0.39, 0.29) is 4.90 Å². The van der Waals surface area contributed by atoms with Crippen LogP contribution in [0.2, 0.25) is 0 Å². The van der Waals surface area contributed by atoms with Gasteiger partial charge in [0.1, 0.15) is 16.5 Å². The second-order valence-electron chi connectivity index (χ2n) is 7.71. The van der Waals surface area contributed by atoms with Crippen molar-refractivity contribution in [2.24, 2.45) is 0 Å². The van der Waals surface area contributed by atoms with Gasteiger partial charge in [0.15, 0.2) is 0 Å². The van der Waals surface area contributed by atoms with Crippen molar-refractivity contribution < 1.29 is 13.2 Å². The lowest BCUT2D eigenvalue weighted by Crippen LogP contribution is -2.49. The molecule has 1 aliphatic rings. The monoisotopic (exact) mass is 440 g/mol. The number of hydrogen-bond acceptors (Lipinski definition) is 5. The summed E-state index contributed by atoms with van der Waals surface area (Å²) < 4.78 is 35.4. The van der Waals surface area contributed by atoms with Gasteiger partial charge in [-0.3, -0.25) is 4.90 Å². The van der Waals surface area contributed by atoms with Crippen molar-refractivity contribution in [1.29, 1.82) is 0 Å². The van der Waals surface area contributed by atoms with Crippen LogP contribution in [-0.2, 0) is 16.6 Å². The van der Waals surface area contributed by atoms with Crippen molar-refractivity contribution in [2.45, 2.75) is 18.4 Å². The molecule has 164 valence electrons. The van der Waals surface area contributed by atoms with Crippen molar-refractivity contribution in [3.05, 3.63) is 66.5 Å². The topological polar surface area (TPSA) is 67.7 Å². The standard InChI is InChI=1S/C23H28N4O3S/c1-19-8-9-21(30-2)22(18-19)31(28,29)27-16-13-25(14-17-27)12-15-26-11-10-24-23(26)20-6-4-3-5-7-20/h3-11,18H,12-17H2,1-2H3. The summed E-state index contributed by atoms with van der Waals surface area (Å²) in [6.07, 6.45) is 3.81. The van der Waals surface area contributed by atoms with Gasteiger partial charge in [-0.2, -0.15) is 4.31 Å². The number of methoxy groups -OCH3 is 1. The number of rotatable bonds is 7. The van der Waals surface area contributed by atoms with Crippen molar-refractivity contribution in [3.8, 4) is 17.1 Å². The molecule has 1 aromatic heterocycles. The number of sulfonamides is 1. The van der Waals surface area contributed by atoms with Gasteiger partial charge in [0, 0.05) is 57.2 Å². The molecule has 0 bridgehead atoms. The molecule has 4 rings (SSSR count). The normalized spacial score (nSPS) is 15.8. The lowest BCUT2D eigenvalue weighted by atomic mass is 10.2. The first-order valence-corrected chi connectivity index (χ1v) is 11.9. The maximum atomic E-state index is 13.2. The third-order valence-electron chi connectivity index (χ3n) is 5.67. The average Bonchev–Trinajstić information content (AvgIpc) is 3.27. The highest BCUT2D eigenvalue weighted by atomic mass is 32.2. The zero-order valence-electron chi connectivity index (χ0n) is 17.9. The van der Waals surface area contributed by atoms with Crippen LogP contribution in [-0.4, -0.2) is 67.0 Å². The van der Waals surface area contributed by atoms with Gasteiger partial charge in [-0.25, -0.2) is 13.4 Å². The number of ether oxygens (including phenoxy) is 1. The fraction of sp³-hybridized carbons (Fsp3) is 0.348. The van der Waals surface area contributed by atoms with Gasteiger partial charge in [0.05, 0.1) is 7.11 Å². The van der Waals surface area contributed by atoms with Crippen molar-refractivity contribution in [3.63, 3.8) is 0 Å². The van der Waals surface area contributed by atoms with Crippen molar-refractivity contribution in [1.82, 2.24) is 18.8 Å². The van der Waals surface area contributed by atoms with Gasteiger partial charge in [0.25, 0.3) is 0 Å². The van der Waals surface area contributed by atoms with Crippen molar-refractivity contribution >= 4 is 10.0 Å². The second-order valence-corrected chi connectivity index (χ2v) is 9.62. The Hall–Kier alpha value is -2.68. The van der Waals surface area contributed by atoms with Crippen LogP contribution < -0.4 is 4.74 Å². The van der Waals surface area contributed by atoms with E-state index in [1.807, 2.05) is 43.6 Å². The third kappa shape index (κ3) is 4.66. The van der Waals surface area contributed by atoms with Crippen LogP contribution in [0.4, 0.5) is 0 Å². The molecule has 1 aliphatic heterocycles. The fourth-order valence-electron chi connectivity index (χ4n) is 3.90. The van der Waals surface area contributed by atoms with Gasteiger partial charge < -0.3 is 9.30 Å². The molecule has 7 nitrogen and oxygen atoms in total. The molecule has 3 aromatic rings. The first-order valence-electron chi connectivity index (χ1n) is 10.4. The van der Waals surface area contributed by atoms with Gasteiger partial charge in [-0.15, -0.1) is 0 Å². The fourth-order valence-corrected chi connectivity index (χ4v) is 5.57. The molecule has 0 aliphatic carbocycles. The number of benzene rings is 2. The molecule has 2 heterocycles. The van der Waals surface area contributed by atoms with Gasteiger partial charge in [0.2, 0.25) is 10.0 Å². The quantitative estimate of drug-likeness (QED) is 0.565. The van der Waals surface area contributed by atoms with E-state index in [0.717, 1.165) is 30.0 Å². The molecule has 2 aromatic carbocycles. The highest BCUT2D eigenvalue weighted by molar-refractivity contribution is 7.89. The summed E-state index contributed by atoms with van der Waals surface area (Å²) in [4.78, 5) is 7.04. The minimum Gasteiger partial charge on any atom is -0.495 e. The Morgan fingerprint density at radius 2 is 1.74 bits per heavy atom. The molecule has 1 fully saturated rings.